The average molecular weight is 401 g/mol. The first-order valence-corrected chi connectivity index (χ1v) is 10.4. The van der Waals surface area contributed by atoms with Gasteiger partial charge in [0.05, 0.1) is 39.0 Å². The zero-order chi connectivity index (χ0) is 20.6. The molecule has 2 heterocycles. The highest BCUT2D eigenvalue weighted by Gasteiger charge is 2.27. The summed E-state index contributed by atoms with van der Waals surface area (Å²) in [6, 6.07) is 11.8. The maximum atomic E-state index is 13.1. The molecule has 6 nitrogen and oxygen atoms in total. The number of morpholine rings is 1. The Kier molecular flexibility index (Phi) is 7.72. The average Bonchev–Trinajstić information content (AvgIpc) is 3.25. The fourth-order valence-electron chi connectivity index (χ4n) is 3.64. The van der Waals surface area contributed by atoms with Crippen molar-refractivity contribution in [2.75, 3.05) is 33.4 Å². The largest absolute Gasteiger partial charge is 0.497 e. The highest BCUT2D eigenvalue weighted by molar-refractivity contribution is 5.79. The Morgan fingerprint density at radius 2 is 2.10 bits per heavy atom. The Hall–Kier alpha value is -2.31. The first-order chi connectivity index (χ1) is 14.1. The normalized spacial score (nSPS) is 18.4. The Morgan fingerprint density at radius 3 is 2.76 bits per heavy atom. The number of furan rings is 1. The van der Waals surface area contributed by atoms with Crippen molar-refractivity contribution in [2.45, 2.75) is 45.4 Å². The summed E-state index contributed by atoms with van der Waals surface area (Å²) >= 11 is 0. The molecule has 0 radical (unpaired) electrons. The smallest absolute Gasteiger partial charge is 0.227 e. The van der Waals surface area contributed by atoms with Gasteiger partial charge >= 0.3 is 0 Å². The molecule has 0 saturated carbocycles. The number of methoxy groups -OCH3 is 1. The van der Waals surface area contributed by atoms with Crippen molar-refractivity contribution in [1.29, 1.82) is 0 Å². The van der Waals surface area contributed by atoms with Crippen LogP contribution in [0.2, 0.25) is 0 Å². The van der Waals surface area contributed by atoms with E-state index in [-0.39, 0.29) is 18.1 Å². The molecular weight excluding hydrogens is 368 g/mol. The van der Waals surface area contributed by atoms with Gasteiger partial charge < -0.3 is 18.8 Å². The minimum atomic E-state index is 0.00697. The van der Waals surface area contributed by atoms with Crippen LogP contribution in [-0.2, 0) is 22.5 Å². The molecule has 158 valence electrons. The molecule has 0 aliphatic carbocycles. The van der Waals surface area contributed by atoms with Gasteiger partial charge in [0, 0.05) is 25.7 Å². The van der Waals surface area contributed by atoms with Crippen LogP contribution < -0.4 is 4.74 Å². The van der Waals surface area contributed by atoms with Crippen molar-refractivity contribution >= 4 is 5.91 Å². The maximum absolute atomic E-state index is 13.1. The predicted octanol–water partition coefficient (Wildman–Crippen LogP) is 3.36. The van der Waals surface area contributed by atoms with E-state index in [1.165, 1.54) is 0 Å². The molecule has 2 unspecified atom stereocenters. The molecular formula is C23H32N2O4. The second-order valence-corrected chi connectivity index (χ2v) is 7.64. The van der Waals surface area contributed by atoms with Crippen LogP contribution in [0.3, 0.4) is 0 Å². The van der Waals surface area contributed by atoms with Gasteiger partial charge in [-0.3, -0.25) is 9.69 Å². The summed E-state index contributed by atoms with van der Waals surface area (Å²) in [4.78, 5) is 17.4. The number of hydrogen-bond donors (Lipinski definition) is 0. The number of carbonyl (C=O) groups excluding carboxylic acids is 1. The number of rotatable bonds is 9. The molecule has 1 aromatic carbocycles. The Labute approximate surface area is 173 Å². The monoisotopic (exact) mass is 400 g/mol. The van der Waals surface area contributed by atoms with Crippen molar-refractivity contribution in [2.24, 2.45) is 0 Å². The number of benzene rings is 1. The van der Waals surface area contributed by atoms with Gasteiger partial charge in [0.2, 0.25) is 5.91 Å². The Bertz CT molecular complexity index is 745. The van der Waals surface area contributed by atoms with Gasteiger partial charge in [-0.25, -0.2) is 0 Å². The molecule has 29 heavy (non-hydrogen) atoms. The number of nitrogens with zero attached hydrogens (tertiary/aromatic N) is 2. The second-order valence-electron chi connectivity index (χ2n) is 7.64. The fraction of sp³-hybridized carbons (Fsp3) is 0.522. The quantitative estimate of drug-likeness (QED) is 0.646. The van der Waals surface area contributed by atoms with Crippen LogP contribution in [0.1, 0.15) is 31.6 Å². The van der Waals surface area contributed by atoms with E-state index >= 15 is 0 Å². The SMILES string of the molecule is CCC(C)N(CC1CN(Cc2ccco2)CCO1)C(=O)Cc1ccc(OC)cc1. The van der Waals surface area contributed by atoms with Crippen molar-refractivity contribution in [1.82, 2.24) is 9.80 Å². The summed E-state index contributed by atoms with van der Waals surface area (Å²) in [5.74, 6) is 1.89. The molecule has 2 aromatic rings. The zero-order valence-electron chi connectivity index (χ0n) is 17.7. The number of ether oxygens (including phenoxy) is 2. The Balaban J connectivity index is 1.60. The molecule has 0 spiro atoms. The topological polar surface area (TPSA) is 55.2 Å². The van der Waals surface area contributed by atoms with Gasteiger partial charge in [-0.2, -0.15) is 0 Å². The second kappa shape index (κ2) is 10.5. The third-order valence-electron chi connectivity index (χ3n) is 5.54. The van der Waals surface area contributed by atoms with E-state index in [0.717, 1.165) is 43.1 Å². The summed E-state index contributed by atoms with van der Waals surface area (Å²) in [6.07, 6.45) is 3.01. The molecule has 1 aliphatic rings. The molecule has 0 bridgehead atoms. The summed E-state index contributed by atoms with van der Waals surface area (Å²) in [6.45, 7) is 7.95. The lowest BCUT2D eigenvalue weighted by Gasteiger charge is -2.37. The number of hydrogen-bond acceptors (Lipinski definition) is 5. The van der Waals surface area contributed by atoms with Crippen LogP contribution in [0, 0.1) is 0 Å². The third kappa shape index (κ3) is 6.08. The van der Waals surface area contributed by atoms with Crippen molar-refractivity contribution < 1.29 is 18.7 Å². The van der Waals surface area contributed by atoms with Crippen LogP contribution in [0.4, 0.5) is 0 Å². The molecule has 2 atom stereocenters. The van der Waals surface area contributed by atoms with Crippen molar-refractivity contribution in [3.63, 3.8) is 0 Å². The van der Waals surface area contributed by atoms with E-state index in [2.05, 4.69) is 18.7 Å². The fourth-order valence-corrected chi connectivity index (χ4v) is 3.64. The van der Waals surface area contributed by atoms with Gasteiger partial charge in [0.1, 0.15) is 11.5 Å². The predicted molar refractivity (Wildman–Crippen MR) is 112 cm³/mol. The first kappa shape index (κ1) is 21.4. The molecule has 1 fully saturated rings. The highest BCUT2D eigenvalue weighted by Crippen LogP contribution is 2.17. The highest BCUT2D eigenvalue weighted by atomic mass is 16.5. The summed E-state index contributed by atoms with van der Waals surface area (Å²) in [5, 5.41) is 0. The van der Waals surface area contributed by atoms with Crippen molar-refractivity contribution in [3.8, 4) is 5.75 Å². The lowest BCUT2D eigenvalue weighted by molar-refractivity contribution is -0.136. The Morgan fingerprint density at radius 1 is 1.31 bits per heavy atom. The molecule has 0 N–H and O–H groups in total. The minimum Gasteiger partial charge on any atom is -0.497 e. The standard InChI is InChI=1S/C23H32N2O4/c1-4-18(2)25(23(26)14-19-7-9-20(27-3)10-8-19)17-22-16-24(11-13-29-22)15-21-6-5-12-28-21/h5-10,12,18,22H,4,11,13-17H2,1-3H3. The maximum Gasteiger partial charge on any atom is 0.227 e. The minimum absolute atomic E-state index is 0.00697. The molecule has 3 rings (SSSR count). The van der Waals surface area contributed by atoms with E-state index in [0.29, 0.717) is 19.6 Å². The number of carbonyl (C=O) groups is 1. The third-order valence-corrected chi connectivity index (χ3v) is 5.54. The van der Waals surface area contributed by atoms with Gasteiger partial charge in [-0.15, -0.1) is 0 Å². The van der Waals surface area contributed by atoms with Gasteiger partial charge in [0.15, 0.2) is 0 Å². The molecule has 1 amide bonds. The van der Waals surface area contributed by atoms with Gasteiger partial charge in [0.25, 0.3) is 0 Å². The van der Waals surface area contributed by atoms with E-state index < -0.39 is 0 Å². The van der Waals surface area contributed by atoms with Gasteiger partial charge in [-0.05, 0) is 43.2 Å². The lowest BCUT2D eigenvalue weighted by Crippen LogP contribution is -2.50. The van der Waals surface area contributed by atoms with E-state index in [4.69, 9.17) is 13.9 Å². The molecule has 6 heteroatoms. The molecule has 1 aromatic heterocycles. The van der Waals surface area contributed by atoms with Crippen LogP contribution in [0.25, 0.3) is 0 Å². The number of amides is 1. The van der Waals surface area contributed by atoms with Gasteiger partial charge in [-0.1, -0.05) is 19.1 Å². The van der Waals surface area contributed by atoms with Crippen molar-refractivity contribution in [3.05, 3.63) is 54.0 Å². The van der Waals surface area contributed by atoms with Crippen LogP contribution in [-0.4, -0.2) is 61.2 Å². The summed E-state index contributed by atoms with van der Waals surface area (Å²) in [7, 11) is 1.64. The molecule has 1 saturated heterocycles. The summed E-state index contributed by atoms with van der Waals surface area (Å²) in [5.41, 5.74) is 0.994. The molecule has 1 aliphatic heterocycles. The van der Waals surface area contributed by atoms with Crippen LogP contribution in [0.5, 0.6) is 5.75 Å². The first-order valence-electron chi connectivity index (χ1n) is 10.4. The van der Waals surface area contributed by atoms with Crippen LogP contribution >= 0.6 is 0 Å². The van der Waals surface area contributed by atoms with E-state index in [9.17, 15) is 4.79 Å². The zero-order valence-corrected chi connectivity index (χ0v) is 17.7. The van der Waals surface area contributed by atoms with E-state index in [1.54, 1.807) is 13.4 Å². The van der Waals surface area contributed by atoms with E-state index in [1.807, 2.05) is 41.3 Å². The van der Waals surface area contributed by atoms with Crippen LogP contribution in [0.15, 0.2) is 47.1 Å². The lowest BCUT2D eigenvalue weighted by atomic mass is 10.1. The summed E-state index contributed by atoms with van der Waals surface area (Å²) < 4.78 is 16.7.